The molecule has 0 bridgehead atoms. The summed E-state index contributed by atoms with van der Waals surface area (Å²) in [5, 5.41) is 67.1. The van der Waals surface area contributed by atoms with Gasteiger partial charge in [-0.3, -0.25) is 4.79 Å². The molecule has 0 amide bonds. The molecule has 0 aromatic carbocycles. The number of hydrogen-bond donors (Lipinski definition) is 6. The molecule has 0 aromatic heterocycles. The average molecular weight is 537 g/mol. The fourth-order valence-corrected chi connectivity index (χ4v) is 9.84. The molecule has 4 aliphatic carbocycles. The number of ketones is 1. The van der Waals surface area contributed by atoms with Crippen molar-refractivity contribution < 1.29 is 40.2 Å². The fraction of sp³-hybridized carbons (Fsp3) is 0.900. The van der Waals surface area contributed by atoms with Gasteiger partial charge < -0.3 is 35.4 Å². The van der Waals surface area contributed by atoms with Crippen LogP contribution in [0.2, 0.25) is 0 Å². The first-order valence-electron chi connectivity index (χ1n) is 14.6. The van der Waals surface area contributed by atoms with E-state index in [0.717, 1.165) is 0 Å². The average Bonchev–Trinajstić information content (AvgIpc) is 3.23. The first-order chi connectivity index (χ1) is 17.6. The van der Waals surface area contributed by atoms with E-state index in [1.807, 2.05) is 34.6 Å². The number of carbonyl (C=O) groups excluding carboxylic acids is 1. The molecular weight excluding hydrogens is 488 g/mol. The SMILES string of the molecule is CC(C)C(C)C(O)C1OC2CC3(O)C4=CC(=O)C5CC(O)C(O)CC5(C)C4CC(CCO)C3(C)C2C1(C)O. The molecule has 4 fully saturated rings. The van der Waals surface area contributed by atoms with E-state index in [9.17, 15) is 35.4 Å². The van der Waals surface area contributed by atoms with Crippen molar-refractivity contribution in [1.82, 2.24) is 0 Å². The summed E-state index contributed by atoms with van der Waals surface area (Å²) in [7, 11) is 0. The molecule has 3 saturated carbocycles. The van der Waals surface area contributed by atoms with Crippen LogP contribution in [0.15, 0.2) is 11.6 Å². The molecule has 5 rings (SSSR count). The Hall–Kier alpha value is -0.870. The minimum Gasteiger partial charge on any atom is -0.396 e. The zero-order chi connectivity index (χ0) is 28.2. The highest BCUT2D eigenvalue weighted by atomic mass is 16.5. The maximum atomic E-state index is 13.5. The van der Waals surface area contributed by atoms with Gasteiger partial charge >= 0.3 is 0 Å². The van der Waals surface area contributed by atoms with Gasteiger partial charge in [0.1, 0.15) is 6.10 Å². The van der Waals surface area contributed by atoms with Gasteiger partial charge in [0, 0.05) is 30.3 Å². The molecule has 5 aliphatic rings. The Bertz CT molecular complexity index is 993. The van der Waals surface area contributed by atoms with Crippen LogP contribution in [0.3, 0.4) is 0 Å². The summed E-state index contributed by atoms with van der Waals surface area (Å²) < 4.78 is 6.44. The molecule has 6 N–H and O–H groups in total. The van der Waals surface area contributed by atoms with Crippen LogP contribution >= 0.6 is 0 Å². The van der Waals surface area contributed by atoms with Gasteiger partial charge in [0.2, 0.25) is 0 Å². The summed E-state index contributed by atoms with van der Waals surface area (Å²) in [6.45, 7) is 11.6. The number of aliphatic hydroxyl groups is 6. The van der Waals surface area contributed by atoms with Crippen LogP contribution in [0.5, 0.6) is 0 Å². The minimum absolute atomic E-state index is 0.0840. The normalized spacial score (nSPS) is 53.6. The van der Waals surface area contributed by atoms with Crippen molar-refractivity contribution in [1.29, 1.82) is 0 Å². The van der Waals surface area contributed by atoms with Crippen molar-refractivity contribution in [2.45, 2.75) is 115 Å². The lowest BCUT2D eigenvalue weighted by atomic mass is 9.42. The molecule has 216 valence electrons. The first-order valence-corrected chi connectivity index (χ1v) is 14.6. The van der Waals surface area contributed by atoms with Crippen molar-refractivity contribution >= 4 is 5.78 Å². The van der Waals surface area contributed by atoms with Gasteiger partial charge in [-0.2, -0.15) is 0 Å². The second-order valence-corrected chi connectivity index (χ2v) is 14.4. The zero-order valence-electron chi connectivity index (χ0n) is 23.7. The van der Waals surface area contributed by atoms with E-state index < -0.39 is 64.4 Å². The number of hydrogen-bond acceptors (Lipinski definition) is 8. The third-order valence-electron chi connectivity index (χ3n) is 12.3. The van der Waals surface area contributed by atoms with Gasteiger partial charge in [0.05, 0.1) is 35.6 Å². The fourth-order valence-electron chi connectivity index (χ4n) is 9.84. The zero-order valence-corrected chi connectivity index (χ0v) is 23.7. The second-order valence-electron chi connectivity index (χ2n) is 14.4. The monoisotopic (exact) mass is 536 g/mol. The lowest BCUT2D eigenvalue weighted by molar-refractivity contribution is -0.192. The summed E-state index contributed by atoms with van der Waals surface area (Å²) in [5.74, 6) is -1.43. The van der Waals surface area contributed by atoms with Crippen molar-refractivity contribution in [3.63, 3.8) is 0 Å². The standard InChI is InChI=1S/C30H48O8/c1-14(2)15(3)24(35)26-29(6,36)25-23(38-26)13-30(37)18-10-20(32)19-11-21(33)22(34)12-27(19,4)17(18)9-16(7-8-31)28(25,30)5/h10,14-17,19,21-26,31,33-37H,7-9,11-13H2,1-6H3. The number of ether oxygens (including phenoxy) is 1. The maximum Gasteiger partial charge on any atom is 0.159 e. The van der Waals surface area contributed by atoms with Gasteiger partial charge in [0.25, 0.3) is 0 Å². The number of allylic oxidation sites excluding steroid dienone is 1. The summed E-state index contributed by atoms with van der Waals surface area (Å²) in [5.41, 5.74) is -3.82. The number of carbonyl (C=O) groups is 1. The predicted molar refractivity (Wildman–Crippen MR) is 140 cm³/mol. The Morgan fingerprint density at radius 1 is 1.03 bits per heavy atom. The van der Waals surface area contributed by atoms with Crippen LogP contribution in [0.25, 0.3) is 0 Å². The number of fused-ring (bicyclic) bond motifs is 7. The molecular formula is C30H48O8. The number of rotatable bonds is 5. The van der Waals surface area contributed by atoms with Crippen molar-refractivity contribution in [3.05, 3.63) is 11.6 Å². The van der Waals surface area contributed by atoms with Crippen LogP contribution in [0.4, 0.5) is 0 Å². The summed E-state index contributed by atoms with van der Waals surface area (Å²) in [6.07, 6.45) is -0.914. The maximum absolute atomic E-state index is 13.5. The molecule has 1 heterocycles. The highest BCUT2D eigenvalue weighted by molar-refractivity contribution is 5.95. The Labute approximate surface area is 226 Å². The highest BCUT2D eigenvalue weighted by Gasteiger charge is 2.77. The Morgan fingerprint density at radius 3 is 2.29 bits per heavy atom. The Kier molecular flexibility index (Phi) is 6.84. The van der Waals surface area contributed by atoms with Gasteiger partial charge in [-0.1, -0.05) is 34.6 Å². The largest absolute Gasteiger partial charge is 0.396 e. The number of aliphatic hydroxyl groups excluding tert-OH is 4. The molecule has 8 nitrogen and oxygen atoms in total. The van der Waals surface area contributed by atoms with E-state index in [0.29, 0.717) is 18.4 Å². The van der Waals surface area contributed by atoms with Crippen molar-refractivity contribution in [3.8, 4) is 0 Å². The van der Waals surface area contributed by atoms with Gasteiger partial charge in [-0.15, -0.1) is 0 Å². The molecule has 1 aliphatic heterocycles. The third kappa shape index (κ3) is 3.57. The van der Waals surface area contributed by atoms with E-state index in [-0.39, 0.29) is 55.3 Å². The third-order valence-corrected chi connectivity index (χ3v) is 12.3. The summed E-state index contributed by atoms with van der Waals surface area (Å²) in [6, 6.07) is 0. The predicted octanol–water partition coefficient (Wildman–Crippen LogP) is 1.58. The Balaban J connectivity index is 1.60. The molecule has 8 heteroatoms. The van der Waals surface area contributed by atoms with E-state index in [4.69, 9.17) is 4.74 Å². The summed E-state index contributed by atoms with van der Waals surface area (Å²) >= 11 is 0. The van der Waals surface area contributed by atoms with Crippen molar-refractivity contribution in [2.75, 3.05) is 6.61 Å². The molecule has 14 atom stereocenters. The highest BCUT2D eigenvalue weighted by Crippen LogP contribution is 2.72. The van der Waals surface area contributed by atoms with Crippen LogP contribution < -0.4 is 0 Å². The van der Waals surface area contributed by atoms with Gasteiger partial charge in [0.15, 0.2) is 5.78 Å². The van der Waals surface area contributed by atoms with E-state index in [1.54, 1.807) is 13.0 Å². The molecule has 0 radical (unpaired) electrons. The minimum atomic E-state index is -1.46. The molecule has 0 spiro atoms. The molecule has 14 unspecified atom stereocenters. The topological polar surface area (TPSA) is 148 Å². The molecule has 0 aromatic rings. The smallest absolute Gasteiger partial charge is 0.159 e. The second kappa shape index (κ2) is 9.07. The molecule has 38 heavy (non-hydrogen) atoms. The van der Waals surface area contributed by atoms with E-state index in [1.165, 1.54) is 0 Å². The van der Waals surface area contributed by atoms with Crippen LogP contribution in [-0.4, -0.2) is 84.8 Å². The summed E-state index contributed by atoms with van der Waals surface area (Å²) in [4.78, 5) is 13.5. The Morgan fingerprint density at radius 2 is 1.68 bits per heavy atom. The van der Waals surface area contributed by atoms with Crippen LogP contribution in [-0.2, 0) is 9.53 Å². The van der Waals surface area contributed by atoms with E-state index in [2.05, 4.69) is 0 Å². The lowest BCUT2D eigenvalue weighted by Gasteiger charge is -2.63. The van der Waals surface area contributed by atoms with Gasteiger partial charge in [-0.05, 0) is 73.3 Å². The lowest BCUT2D eigenvalue weighted by Crippen LogP contribution is -2.66. The quantitative estimate of drug-likeness (QED) is 0.310. The van der Waals surface area contributed by atoms with Crippen LogP contribution in [0.1, 0.15) is 73.6 Å². The van der Waals surface area contributed by atoms with Gasteiger partial charge in [-0.25, -0.2) is 0 Å². The first kappa shape index (κ1) is 28.7. The molecule has 1 saturated heterocycles. The van der Waals surface area contributed by atoms with Crippen molar-refractivity contribution in [2.24, 2.45) is 46.3 Å². The van der Waals surface area contributed by atoms with Crippen LogP contribution in [0, 0.1) is 46.3 Å². The van der Waals surface area contributed by atoms with E-state index >= 15 is 0 Å².